The largest absolute Gasteiger partial charge is 0.396 e. The highest BCUT2D eigenvalue weighted by molar-refractivity contribution is 6.07. The van der Waals surface area contributed by atoms with Gasteiger partial charge in [0.1, 0.15) is 5.82 Å². The van der Waals surface area contributed by atoms with E-state index in [2.05, 4.69) is 10.2 Å². The molecule has 1 heterocycles. The topological polar surface area (TPSA) is 58.4 Å². The molecular formula is C18H20FN3O. The highest BCUT2D eigenvalue weighted by Gasteiger charge is 2.14. The van der Waals surface area contributed by atoms with Crippen molar-refractivity contribution >= 4 is 23.0 Å². The number of anilines is 3. The van der Waals surface area contributed by atoms with E-state index in [0.717, 1.165) is 18.8 Å². The number of hydrogen-bond donors (Lipinski definition) is 2. The number of nitrogens with one attached hydrogen (secondary N) is 1. The van der Waals surface area contributed by atoms with Crippen molar-refractivity contribution in [2.75, 3.05) is 29.0 Å². The molecule has 1 amide bonds. The number of halogens is 1. The summed E-state index contributed by atoms with van der Waals surface area (Å²) in [5, 5.41) is 2.75. The molecular weight excluding hydrogens is 293 g/mol. The first-order valence-electron chi connectivity index (χ1n) is 7.85. The molecule has 1 aliphatic rings. The smallest absolute Gasteiger partial charge is 0.257 e. The molecule has 0 spiro atoms. The molecule has 5 heteroatoms. The minimum atomic E-state index is -0.585. The van der Waals surface area contributed by atoms with Gasteiger partial charge in [-0.05, 0) is 55.7 Å². The highest BCUT2D eigenvalue weighted by atomic mass is 19.1. The van der Waals surface area contributed by atoms with Gasteiger partial charge in [-0.25, -0.2) is 4.39 Å². The lowest BCUT2D eigenvalue weighted by Crippen LogP contribution is -2.29. The zero-order chi connectivity index (χ0) is 16.2. The first-order valence-corrected chi connectivity index (χ1v) is 7.85. The van der Waals surface area contributed by atoms with Gasteiger partial charge in [0, 0.05) is 24.5 Å². The van der Waals surface area contributed by atoms with E-state index in [0.29, 0.717) is 5.69 Å². The van der Waals surface area contributed by atoms with Crippen LogP contribution in [0, 0.1) is 5.82 Å². The SMILES string of the molecule is Nc1c(F)cccc1C(=O)Nc1ccc(N2CCCCC2)cc1. The second kappa shape index (κ2) is 6.69. The summed E-state index contributed by atoms with van der Waals surface area (Å²) in [6, 6.07) is 11.9. The molecule has 2 aromatic carbocycles. The third kappa shape index (κ3) is 3.44. The third-order valence-electron chi connectivity index (χ3n) is 4.14. The van der Waals surface area contributed by atoms with Gasteiger partial charge in [-0.3, -0.25) is 4.79 Å². The Morgan fingerprint density at radius 3 is 2.43 bits per heavy atom. The predicted molar refractivity (Wildman–Crippen MR) is 91.3 cm³/mol. The normalized spacial score (nSPS) is 14.6. The minimum Gasteiger partial charge on any atom is -0.396 e. The van der Waals surface area contributed by atoms with Crippen LogP contribution in [-0.4, -0.2) is 19.0 Å². The average molecular weight is 313 g/mol. The van der Waals surface area contributed by atoms with Crippen LogP contribution in [0.5, 0.6) is 0 Å². The number of hydrogen-bond acceptors (Lipinski definition) is 3. The van der Waals surface area contributed by atoms with E-state index in [1.54, 1.807) is 0 Å². The van der Waals surface area contributed by atoms with Crippen molar-refractivity contribution < 1.29 is 9.18 Å². The fraction of sp³-hybridized carbons (Fsp3) is 0.278. The van der Waals surface area contributed by atoms with Crippen LogP contribution in [0.4, 0.5) is 21.5 Å². The summed E-state index contributed by atoms with van der Waals surface area (Å²) in [6.07, 6.45) is 3.73. The van der Waals surface area contributed by atoms with Gasteiger partial charge in [0.15, 0.2) is 0 Å². The summed E-state index contributed by atoms with van der Waals surface area (Å²) in [4.78, 5) is 14.6. The molecule has 2 aromatic rings. The van der Waals surface area contributed by atoms with Crippen LogP contribution in [0.1, 0.15) is 29.6 Å². The maximum absolute atomic E-state index is 13.4. The monoisotopic (exact) mass is 313 g/mol. The second-order valence-electron chi connectivity index (χ2n) is 5.75. The molecule has 0 saturated carbocycles. The van der Waals surface area contributed by atoms with Gasteiger partial charge in [0.25, 0.3) is 5.91 Å². The first-order chi connectivity index (χ1) is 11.1. The lowest BCUT2D eigenvalue weighted by atomic mass is 10.1. The zero-order valence-electron chi connectivity index (χ0n) is 12.9. The summed E-state index contributed by atoms with van der Waals surface area (Å²) in [7, 11) is 0. The lowest BCUT2D eigenvalue weighted by molar-refractivity contribution is 0.102. The van der Waals surface area contributed by atoms with Gasteiger partial charge >= 0.3 is 0 Å². The molecule has 23 heavy (non-hydrogen) atoms. The Hall–Kier alpha value is -2.56. The predicted octanol–water partition coefficient (Wildman–Crippen LogP) is 3.65. The average Bonchev–Trinajstić information content (AvgIpc) is 2.59. The van der Waals surface area contributed by atoms with Gasteiger partial charge in [0.2, 0.25) is 0 Å². The van der Waals surface area contributed by atoms with Crippen molar-refractivity contribution in [3.63, 3.8) is 0 Å². The summed E-state index contributed by atoms with van der Waals surface area (Å²) in [5.41, 5.74) is 7.46. The van der Waals surface area contributed by atoms with E-state index in [1.807, 2.05) is 24.3 Å². The Morgan fingerprint density at radius 1 is 1.04 bits per heavy atom. The Bertz CT molecular complexity index is 694. The maximum Gasteiger partial charge on any atom is 0.257 e. The van der Waals surface area contributed by atoms with E-state index in [9.17, 15) is 9.18 Å². The molecule has 0 aromatic heterocycles. The molecule has 1 saturated heterocycles. The number of rotatable bonds is 3. The number of amides is 1. The number of carbonyl (C=O) groups is 1. The standard InChI is InChI=1S/C18H20FN3O/c19-16-6-4-5-15(17(16)20)18(23)21-13-7-9-14(10-8-13)22-11-2-1-3-12-22/h4-10H,1-3,11-12,20H2,(H,21,23). The summed E-state index contributed by atoms with van der Waals surface area (Å²) in [5.74, 6) is -0.995. The van der Waals surface area contributed by atoms with E-state index in [-0.39, 0.29) is 11.3 Å². The van der Waals surface area contributed by atoms with Crippen LogP contribution in [0.25, 0.3) is 0 Å². The summed E-state index contributed by atoms with van der Waals surface area (Å²) >= 11 is 0. The number of carbonyl (C=O) groups excluding carboxylic acids is 1. The van der Waals surface area contributed by atoms with Crippen LogP contribution < -0.4 is 16.0 Å². The van der Waals surface area contributed by atoms with Gasteiger partial charge in [-0.1, -0.05) is 6.07 Å². The van der Waals surface area contributed by atoms with Crippen molar-refractivity contribution in [1.82, 2.24) is 0 Å². The van der Waals surface area contributed by atoms with Crippen molar-refractivity contribution in [2.24, 2.45) is 0 Å². The number of benzene rings is 2. The molecule has 120 valence electrons. The van der Waals surface area contributed by atoms with Crippen molar-refractivity contribution in [3.8, 4) is 0 Å². The van der Waals surface area contributed by atoms with Crippen LogP contribution in [-0.2, 0) is 0 Å². The zero-order valence-corrected chi connectivity index (χ0v) is 12.9. The minimum absolute atomic E-state index is 0.130. The molecule has 3 N–H and O–H groups in total. The van der Waals surface area contributed by atoms with E-state index < -0.39 is 11.7 Å². The fourth-order valence-electron chi connectivity index (χ4n) is 2.84. The Morgan fingerprint density at radius 2 is 1.74 bits per heavy atom. The van der Waals surface area contributed by atoms with Crippen molar-refractivity contribution in [2.45, 2.75) is 19.3 Å². The fourth-order valence-corrected chi connectivity index (χ4v) is 2.84. The first kappa shape index (κ1) is 15.3. The highest BCUT2D eigenvalue weighted by Crippen LogP contribution is 2.23. The summed E-state index contributed by atoms with van der Waals surface area (Å²) < 4.78 is 13.4. The molecule has 1 aliphatic heterocycles. The van der Waals surface area contributed by atoms with Gasteiger partial charge < -0.3 is 16.0 Å². The van der Waals surface area contributed by atoms with Gasteiger partial charge in [0.05, 0.1) is 11.3 Å². The number of piperidine rings is 1. The quantitative estimate of drug-likeness (QED) is 0.850. The maximum atomic E-state index is 13.4. The van der Waals surface area contributed by atoms with Crippen LogP contribution >= 0.6 is 0 Å². The van der Waals surface area contributed by atoms with E-state index in [4.69, 9.17) is 5.73 Å². The molecule has 1 fully saturated rings. The third-order valence-corrected chi connectivity index (χ3v) is 4.14. The molecule has 0 radical (unpaired) electrons. The molecule has 0 atom stereocenters. The number of nitrogens with zero attached hydrogens (tertiary/aromatic N) is 1. The van der Waals surface area contributed by atoms with E-state index in [1.165, 1.54) is 37.5 Å². The lowest BCUT2D eigenvalue weighted by Gasteiger charge is -2.28. The molecule has 0 aliphatic carbocycles. The molecule has 3 rings (SSSR count). The van der Waals surface area contributed by atoms with Crippen LogP contribution in [0.3, 0.4) is 0 Å². The molecule has 0 unspecified atom stereocenters. The number of para-hydroxylation sites is 1. The Balaban J connectivity index is 1.70. The van der Waals surface area contributed by atoms with Crippen molar-refractivity contribution in [3.05, 3.63) is 53.8 Å². The second-order valence-corrected chi connectivity index (χ2v) is 5.75. The Kier molecular flexibility index (Phi) is 4.46. The molecule has 0 bridgehead atoms. The molecule has 4 nitrogen and oxygen atoms in total. The summed E-state index contributed by atoms with van der Waals surface area (Å²) in [6.45, 7) is 2.15. The number of nitrogen functional groups attached to an aromatic ring is 1. The van der Waals surface area contributed by atoms with Crippen LogP contribution in [0.15, 0.2) is 42.5 Å². The van der Waals surface area contributed by atoms with E-state index >= 15 is 0 Å². The number of nitrogens with two attached hydrogens (primary N) is 1. The van der Waals surface area contributed by atoms with Gasteiger partial charge in [-0.15, -0.1) is 0 Å². The van der Waals surface area contributed by atoms with Crippen molar-refractivity contribution in [1.29, 1.82) is 0 Å². The van der Waals surface area contributed by atoms with Crippen LogP contribution in [0.2, 0.25) is 0 Å². The Labute approximate surface area is 135 Å². The van der Waals surface area contributed by atoms with Gasteiger partial charge in [-0.2, -0.15) is 0 Å².